The number of carbonyl (C=O) groups is 1. The molecule has 0 spiro atoms. The van der Waals surface area contributed by atoms with Gasteiger partial charge in [0.25, 0.3) is 5.91 Å². The smallest absolute Gasteiger partial charge is 0.270 e. The van der Waals surface area contributed by atoms with E-state index in [0.717, 1.165) is 30.9 Å². The van der Waals surface area contributed by atoms with Crippen LogP contribution in [0.4, 0.5) is 11.6 Å². The predicted octanol–water partition coefficient (Wildman–Crippen LogP) is 2.14. The number of anilines is 2. The molecule has 0 aliphatic carbocycles. The van der Waals surface area contributed by atoms with Gasteiger partial charge in [-0.3, -0.25) is 4.79 Å². The van der Waals surface area contributed by atoms with E-state index in [2.05, 4.69) is 20.6 Å². The molecule has 7 heteroatoms. The lowest BCUT2D eigenvalue weighted by Crippen LogP contribution is -2.32. The van der Waals surface area contributed by atoms with Crippen LogP contribution in [0, 0.1) is 0 Å². The zero-order chi connectivity index (χ0) is 16.8. The Labute approximate surface area is 140 Å². The van der Waals surface area contributed by atoms with Gasteiger partial charge in [0.15, 0.2) is 0 Å². The standard InChI is InChI=1S/C17H20N4O3/c1-23-13-5-2-4-12(10-13)20-17-18-8-7-15(21-17)16(22)19-11-14-6-3-9-24-14/h2,4-5,7-8,10,14H,3,6,9,11H2,1H3,(H,19,22)(H,18,20,21). The normalized spacial score (nSPS) is 16.6. The largest absolute Gasteiger partial charge is 0.497 e. The number of methoxy groups -OCH3 is 1. The van der Waals surface area contributed by atoms with Crippen molar-refractivity contribution in [3.63, 3.8) is 0 Å². The second-order valence-corrected chi connectivity index (χ2v) is 5.47. The van der Waals surface area contributed by atoms with Gasteiger partial charge in [0.2, 0.25) is 5.95 Å². The highest BCUT2D eigenvalue weighted by Gasteiger charge is 2.17. The fourth-order valence-electron chi connectivity index (χ4n) is 2.48. The maximum Gasteiger partial charge on any atom is 0.270 e. The number of ether oxygens (including phenoxy) is 2. The van der Waals surface area contributed by atoms with Gasteiger partial charge in [0, 0.05) is 31.1 Å². The Kier molecular flexibility index (Phi) is 5.22. The van der Waals surface area contributed by atoms with Crippen LogP contribution in [0.5, 0.6) is 5.75 Å². The van der Waals surface area contributed by atoms with Crippen molar-refractivity contribution in [1.29, 1.82) is 0 Å². The average molecular weight is 328 g/mol. The van der Waals surface area contributed by atoms with Gasteiger partial charge < -0.3 is 20.1 Å². The molecule has 3 rings (SSSR count). The zero-order valence-corrected chi connectivity index (χ0v) is 13.5. The summed E-state index contributed by atoms with van der Waals surface area (Å²) in [6, 6.07) is 8.99. The number of hydrogen-bond acceptors (Lipinski definition) is 6. The van der Waals surface area contributed by atoms with E-state index in [1.54, 1.807) is 19.4 Å². The molecule has 1 aromatic carbocycles. The molecule has 126 valence electrons. The highest BCUT2D eigenvalue weighted by molar-refractivity contribution is 5.92. The third kappa shape index (κ3) is 4.20. The molecule has 0 radical (unpaired) electrons. The van der Waals surface area contributed by atoms with Gasteiger partial charge in [0.1, 0.15) is 11.4 Å². The minimum atomic E-state index is -0.235. The first kappa shape index (κ1) is 16.2. The number of aromatic nitrogens is 2. The Morgan fingerprint density at radius 2 is 2.33 bits per heavy atom. The van der Waals surface area contributed by atoms with E-state index in [0.29, 0.717) is 18.2 Å². The van der Waals surface area contributed by atoms with Crippen LogP contribution in [-0.2, 0) is 4.74 Å². The molecule has 1 aromatic heterocycles. The summed E-state index contributed by atoms with van der Waals surface area (Å²) in [5.74, 6) is 0.847. The number of nitrogens with zero attached hydrogens (tertiary/aromatic N) is 2. The number of benzene rings is 1. The molecule has 1 amide bonds. The summed E-state index contributed by atoms with van der Waals surface area (Å²) in [5.41, 5.74) is 1.10. The molecule has 2 aromatic rings. The molecule has 2 N–H and O–H groups in total. The van der Waals surface area contributed by atoms with Gasteiger partial charge in [-0.25, -0.2) is 9.97 Å². The number of amides is 1. The van der Waals surface area contributed by atoms with E-state index in [9.17, 15) is 4.79 Å². The van der Waals surface area contributed by atoms with Gasteiger partial charge in [-0.15, -0.1) is 0 Å². The van der Waals surface area contributed by atoms with Crippen molar-refractivity contribution in [2.24, 2.45) is 0 Å². The molecule has 1 saturated heterocycles. The van der Waals surface area contributed by atoms with Crippen LogP contribution in [0.1, 0.15) is 23.3 Å². The topological polar surface area (TPSA) is 85.4 Å². The summed E-state index contributed by atoms with van der Waals surface area (Å²) < 4.78 is 10.7. The zero-order valence-electron chi connectivity index (χ0n) is 13.5. The Morgan fingerprint density at radius 1 is 1.42 bits per heavy atom. The molecule has 1 unspecified atom stereocenters. The second-order valence-electron chi connectivity index (χ2n) is 5.47. The van der Waals surface area contributed by atoms with Crippen molar-refractivity contribution in [3.05, 3.63) is 42.2 Å². The first-order chi connectivity index (χ1) is 11.7. The molecule has 24 heavy (non-hydrogen) atoms. The molecular formula is C17H20N4O3. The monoisotopic (exact) mass is 328 g/mol. The van der Waals surface area contributed by atoms with Crippen molar-refractivity contribution in [2.45, 2.75) is 18.9 Å². The number of carbonyl (C=O) groups excluding carboxylic acids is 1. The molecule has 1 atom stereocenters. The van der Waals surface area contributed by atoms with E-state index in [-0.39, 0.29) is 12.0 Å². The quantitative estimate of drug-likeness (QED) is 0.845. The molecule has 7 nitrogen and oxygen atoms in total. The van der Waals surface area contributed by atoms with Crippen molar-refractivity contribution >= 4 is 17.5 Å². The Hall–Kier alpha value is -2.67. The Bertz CT molecular complexity index is 702. The molecule has 2 heterocycles. The summed E-state index contributed by atoms with van der Waals surface area (Å²) in [6.45, 7) is 1.27. The summed E-state index contributed by atoms with van der Waals surface area (Å²) >= 11 is 0. The highest BCUT2D eigenvalue weighted by atomic mass is 16.5. The fraction of sp³-hybridized carbons (Fsp3) is 0.353. The van der Waals surface area contributed by atoms with Gasteiger partial charge in [0.05, 0.1) is 13.2 Å². The van der Waals surface area contributed by atoms with E-state index >= 15 is 0 Å². The van der Waals surface area contributed by atoms with Crippen molar-refractivity contribution < 1.29 is 14.3 Å². The van der Waals surface area contributed by atoms with Crippen LogP contribution in [0.2, 0.25) is 0 Å². The highest BCUT2D eigenvalue weighted by Crippen LogP contribution is 2.19. The van der Waals surface area contributed by atoms with Gasteiger partial charge in [-0.05, 0) is 31.0 Å². The molecule has 1 aliphatic rings. The Morgan fingerprint density at radius 3 is 3.12 bits per heavy atom. The Balaban J connectivity index is 1.63. The van der Waals surface area contributed by atoms with Crippen molar-refractivity contribution in [3.8, 4) is 5.75 Å². The lowest BCUT2D eigenvalue weighted by molar-refractivity contribution is 0.0853. The number of nitrogens with one attached hydrogen (secondary N) is 2. The van der Waals surface area contributed by atoms with E-state index in [1.165, 1.54) is 0 Å². The molecule has 1 fully saturated rings. The lowest BCUT2D eigenvalue weighted by atomic mass is 10.2. The lowest BCUT2D eigenvalue weighted by Gasteiger charge is -2.11. The molecule has 0 saturated carbocycles. The predicted molar refractivity (Wildman–Crippen MR) is 89.6 cm³/mol. The van der Waals surface area contributed by atoms with Gasteiger partial charge >= 0.3 is 0 Å². The minimum absolute atomic E-state index is 0.102. The van der Waals surface area contributed by atoms with Crippen LogP contribution in [0.15, 0.2) is 36.5 Å². The third-order valence-electron chi connectivity index (χ3n) is 3.73. The van der Waals surface area contributed by atoms with Crippen LogP contribution >= 0.6 is 0 Å². The van der Waals surface area contributed by atoms with Crippen molar-refractivity contribution in [1.82, 2.24) is 15.3 Å². The van der Waals surface area contributed by atoms with Crippen LogP contribution in [0.25, 0.3) is 0 Å². The van der Waals surface area contributed by atoms with Crippen LogP contribution < -0.4 is 15.4 Å². The van der Waals surface area contributed by atoms with E-state index < -0.39 is 0 Å². The maximum atomic E-state index is 12.2. The molecule has 1 aliphatic heterocycles. The second kappa shape index (κ2) is 7.74. The summed E-state index contributed by atoms with van der Waals surface area (Å²) in [4.78, 5) is 20.6. The first-order valence-electron chi connectivity index (χ1n) is 7.88. The van der Waals surface area contributed by atoms with E-state index in [4.69, 9.17) is 9.47 Å². The van der Waals surface area contributed by atoms with Gasteiger partial charge in [-0.2, -0.15) is 0 Å². The third-order valence-corrected chi connectivity index (χ3v) is 3.73. The summed E-state index contributed by atoms with van der Waals surface area (Å²) in [6.07, 6.45) is 3.68. The molecule has 0 bridgehead atoms. The maximum absolute atomic E-state index is 12.2. The SMILES string of the molecule is COc1cccc(Nc2nccc(C(=O)NCC3CCCO3)n2)c1. The fourth-order valence-corrected chi connectivity index (χ4v) is 2.48. The first-order valence-corrected chi connectivity index (χ1v) is 7.88. The van der Waals surface area contributed by atoms with Crippen molar-refractivity contribution in [2.75, 3.05) is 25.6 Å². The minimum Gasteiger partial charge on any atom is -0.497 e. The average Bonchev–Trinajstić information content (AvgIpc) is 3.13. The number of rotatable bonds is 6. The van der Waals surface area contributed by atoms with Crippen LogP contribution in [0.3, 0.4) is 0 Å². The molecular weight excluding hydrogens is 308 g/mol. The summed E-state index contributed by atoms with van der Waals surface area (Å²) in [7, 11) is 1.61. The van der Waals surface area contributed by atoms with Crippen LogP contribution in [-0.4, -0.2) is 42.2 Å². The van der Waals surface area contributed by atoms with E-state index in [1.807, 2.05) is 24.3 Å². The number of hydrogen-bond donors (Lipinski definition) is 2. The van der Waals surface area contributed by atoms with Gasteiger partial charge in [-0.1, -0.05) is 6.07 Å². The summed E-state index contributed by atoms with van der Waals surface area (Å²) in [5, 5.41) is 5.91.